The first-order valence-electron chi connectivity index (χ1n) is 8.16. The smallest absolute Gasteiger partial charge is 0.315 e. The van der Waals surface area contributed by atoms with Crippen LogP contribution < -0.4 is 0 Å². The average Bonchev–Trinajstić information content (AvgIpc) is 3.26. The quantitative estimate of drug-likeness (QED) is 0.678. The van der Waals surface area contributed by atoms with Crippen molar-refractivity contribution in [3.63, 3.8) is 0 Å². The summed E-state index contributed by atoms with van der Waals surface area (Å²) in [5, 5.41) is 0. The third-order valence-corrected chi connectivity index (χ3v) is 5.25. The summed E-state index contributed by atoms with van der Waals surface area (Å²) in [4.78, 5) is 26.0. The zero-order valence-electron chi connectivity index (χ0n) is 13.2. The van der Waals surface area contributed by atoms with Crippen LogP contribution in [0.3, 0.4) is 0 Å². The highest BCUT2D eigenvalue weighted by molar-refractivity contribution is 8.00. The molecular weight excluding hydrogens is 286 g/mol. The number of carbonyl (C=O) groups is 2. The minimum Gasteiger partial charge on any atom is -0.465 e. The van der Waals surface area contributed by atoms with Gasteiger partial charge in [0.15, 0.2) is 0 Å². The van der Waals surface area contributed by atoms with Crippen LogP contribution in [0.4, 0.5) is 0 Å². The number of esters is 1. The van der Waals surface area contributed by atoms with E-state index in [0.717, 1.165) is 31.6 Å². The van der Waals surface area contributed by atoms with Gasteiger partial charge in [-0.1, -0.05) is 6.92 Å². The van der Waals surface area contributed by atoms with Crippen molar-refractivity contribution in [1.29, 1.82) is 0 Å². The summed E-state index contributed by atoms with van der Waals surface area (Å²) < 4.78 is 4.89. The highest BCUT2D eigenvalue weighted by Gasteiger charge is 2.38. The minimum absolute atomic E-state index is 0.214. The maximum atomic E-state index is 12.5. The van der Waals surface area contributed by atoms with Crippen LogP contribution in [-0.2, 0) is 14.3 Å². The molecule has 2 aliphatic carbocycles. The molecule has 2 saturated carbocycles. The summed E-state index contributed by atoms with van der Waals surface area (Å²) in [6, 6.07) is 0.906. The largest absolute Gasteiger partial charge is 0.465 e. The first kappa shape index (κ1) is 16.7. The summed E-state index contributed by atoms with van der Waals surface area (Å²) in [5.74, 6) is 1.47. The van der Waals surface area contributed by atoms with E-state index in [4.69, 9.17) is 4.74 Å². The van der Waals surface area contributed by atoms with Gasteiger partial charge >= 0.3 is 5.97 Å². The molecule has 0 N–H and O–H groups in total. The van der Waals surface area contributed by atoms with E-state index < -0.39 is 0 Å². The van der Waals surface area contributed by atoms with Crippen LogP contribution in [0.15, 0.2) is 0 Å². The van der Waals surface area contributed by atoms with E-state index in [1.165, 1.54) is 24.6 Å². The summed E-state index contributed by atoms with van der Waals surface area (Å²) in [6.07, 6.45) is 7.06. The Kier molecular flexibility index (Phi) is 6.40. The number of hydrogen-bond acceptors (Lipinski definition) is 4. The van der Waals surface area contributed by atoms with E-state index >= 15 is 0 Å². The highest BCUT2D eigenvalue weighted by atomic mass is 32.2. The Labute approximate surface area is 132 Å². The maximum Gasteiger partial charge on any atom is 0.315 e. The number of carbonyl (C=O) groups excluding carboxylic acids is 2. The van der Waals surface area contributed by atoms with Crippen molar-refractivity contribution in [2.75, 3.05) is 18.1 Å². The molecule has 2 aliphatic rings. The van der Waals surface area contributed by atoms with E-state index in [0.29, 0.717) is 24.4 Å². The lowest BCUT2D eigenvalue weighted by Gasteiger charge is -2.36. The molecule has 0 atom stereocenters. The van der Waals surface area contributed by atoms with Crippen molar-refractivity contribution in [1.82, 2.24) is 4.90 Å². The van der Waals surface area contributed by atoms with Gasteiger partial charge in [0.1, 0.15) is 0 Å². The van der Waals surface area contributed by atoms with E-state index in [1.54, 1.807) is 6.92 Å². The molecule has 120 valence electrons. The fraction of sp³-hybridized carbons (Fsp3) is 0.875. The molecule has 2 rings (SSSR count). The predicted molar refractivity (Wildman–Crippen MR) is 85.2 cm³/mol. The van der Waals surface area contributed by atoms with Crippen molar-refractivity contribution in [3.05, 3.63) is 0 Å². The van der Waals surface area contributed by atoms with Crippen molar-refractivity contribution >= 4 is 23.6 Å². The van der Waals surface area contributed by atoms with Gasteiger partial charge < -0.3 is 9.64 Å². The van der Waals surface area contributed by atoms with Crippen molar-refractivity contribution in [3.8, 4) is 0 Å². The van der Waals surface area contributed by atoms with Crippen LogP contribution in [0, 0.1) is 5.92 Å². The Hall–Kier alpha value is -0.710. The summed E-state index contributed by atoms with van der Waals surface area (Å²) in [5.41, 5.74) is 0. The number of rotatable bonds is 7. The van der Waals surface area contributed by atoms with Gasteiger partial charge in [-0.2, -0.15) is 0 Å². The molecule has 2 fully saturated rings. The first-order chi connectivity index (χ1) is 10.1. The number of ether oxygens (including phenoxy) is 1. The molecule has 0 aliphatic heterocycles. The van der Waals surface area contributed by atoms with Crippen molar-refractivity contribution < 1.29 is 14.3 Å². The zero-order valence-corrected chi connectivity index (χ0v) is 14.0. The van der Waals surface area contributed by atoms with Crippen LogP contribution in [0.25, 0.3) is 0 Å². The average molecular weight is 313 g/mol. The Morgan fingerprint density at radius 1 is 1.05 bits per heavy atom. The first-order valence-corrected chi connectivity index (χ1v) is 9.31. The summed E-state index contributed by atoms with van der Waals surface area (Å²) in [7, 11) is 0. The van der Waals surface area contributed by atoms with Crippen LogP contribution >= 0.6 is 11.8 Å². The molecular formula is C16H27NO3S. The topological polar surface area (TPSA) is 46.6 Å². The van der Waals surface area contributed by atoms with Crippen LogP contribution in [0.2, 0.25) is 0 Å². The summed E-state index contributed by atoms with van der Waals surface area (Å²) >= 11 is 1.38. The minimum atomic E-state index is -0.222. The zero-order chi connectivity index (χ0) is 15.2. The SMILES string of the molecule is CCOC(=O)CSCC(=O)N(C1CCC(C)CC1)C1CC1. The van der Waals surface area contributed by atoms with Gasteiger partial charge in [-0.05, 0) is 51.4 Å². The van der Waals surface area contributed by atoms with Gasteiger partial charge in [-0.3, -0.25) is 9.59 Å². The molecule has 1 amide bonds. The van der Waals surface area contributed by atoms with E-state index in [9.17, 15) is 9.59 Å². The molecule has 5 heteroatoms. The predicted octanol–water partition coefficient (Wildman–Crippen LogP) is 2.85. The van der Waals surface area contributed by atoms with Crippen LogP contribution in [0.1, 0.15) is 52.4 Å². The number of amides is 1. The third-order valence-electron chi connectivity index (χ3n) is 4.36. The van der Waals surface area contributed by atoms with E-state index in [-0.39, 0.29) is 17.6 Å². The van der Waals surface area contributed by atoms with E-state index in [1.807, 2.05) is 0 Å². The van der Waals surface area contributed by atoms with Gasteiger partial charge in [0.25, 0.3) is 0 Å². The summed E-state index contributed by atoms with van der Waals surface area (Å²) in [6.45, 7) is 4.50. The Bertz CT molecular complexity index is 363. The molecule has 0 radical (unpaired) electrons. The Balaban J connectivity index is 1.78. The van der Waals surface area contributed by atoms with Crippen LogP contribution in [0.5, 0.6) is 0 Å². The third kappa shape index (κ3) is 5.20. The van der Waals surface area contributed by atoms with Gasteiger partial charge in [0, 0.05) is 12.1 Å². The molecule has 0 aromatic heterocycles. The number of thioether (sulfide) groups is 1. The molecule has 0 saturated heterocycles. The Morgan fingerprint density at radius 3 is 2.14 bits per heavy atom. The molecule has 0 bridgehead atoms. The number of hydrogen-bond donors (Lipinski definition) is 0. The van der Waals surface area contributed by atoms with Gasteiger partial charge in [-0.25, -0.2) is 0 Å². The second kappa shape index (κ2) is 8.06. The molecule has 0 aromatic carbocycles. The van der Waals surface area contributed by atoms with Crippen molar-refractivity contribution in [2.24, 2.45) is 5.92 Å². The lowest BCUT2D eigenvalue weighted by molar-refractivity contribution is -0.139. The molecule has 0 aromatic rings. The second-order valence-corrected chi connectivity index (χ2v) is 7.23. The lowest BCUT2D eigenvalue weighted by Crippen LogP contribution is -2.44. The molecule has 0 spiro atoms. The highest BCUT2D eigenvalue weighted by Crippen LogP contribution is 2.35. The molecule has 0 unspecified atom stereocenters. The number of nitrogens with zero attached hydrogens (tertiary/aromatic N) is 1. The normalized spacial score (nSPS) is 25.4. The monoisotopic (exact) mass is 313 g/mol. The molecule has 4 nitrogen and oxygen atoms in total. The fourth-order valence-corrected chi connectivity index (χ4v) is 3.75. The van der Waals surface area contributed by atoms with Gasteiger partial charge in [0.05, 0.1) is 18.1 Å². The fourth-order valence-electron chi connectivity index (χ4n) is 3.08. The standard InChI is InChI=1S/C16H27NO3S/c1-3-20-16(19)11-21-10-15(18)17(14-8-9-14)13-6-4-12(2)5-7-13/h12-14H,3-11H2,1-2H3. The lowest BCUT2D eigenvalue weighted by atomic mass is 9.86. The Morgan fingerprint density at radius 2 is 1.62 bits per heavy atom. The van der Waals surface area contributed by atoms with E-state index in [2.05, 4.69) is 11.8 Å². The van der Waals surface area contributed by atoms with Crippen LogP contribution in [-0.4, -0.2) is 47.0 Å². The van der Waals surface area contributed by atoms with Gasteiger partial charge in [0.2, 0.25) is 5.91 Å². The van der Waals surface area contributed by atoms with Gasteiger partial charge in [-0.15, -0.1) is 11.8 Å². The molecule has 0 heterocycles. The second-order valence-electron chi connectivity index (χ2n) is 6.24. The van der Waals surface area contributed by atoms with Crippen molar-refractivity contribution in [2.45, 2.75) is 64.5 Å². The molecule has 21 heavy (non-hydrogen) atoms. The maximum absolute atomic E-state index is 12.5.